The summed E-state index contributed by atoms with van der Waals surface area (Å²) >= 11 is 0. The summed E-state index contributed by atoms with van der Waals surface area (Å²) in [5.41, 5.74) is 1.17. The number of aliphatic hydroxyl groups excluding tert-OH is 1. The molecule has 6 nitrogen and oxygen atoms in total. The molecule has 0 bridgehead atoms. The van der Waals surface area contributed by atoms with Crippen LogP contribution < -0.4 is 0 Å². The Morgan fingerprint density at radius 1 is 1.45 bits per heavy atom. The Morgan fingerprint density at radius 2 is 2.15 bits per heavy atom. The fourth-order valence-electron chi connectivity index (χ4n) is 2.54. The van der Waals surface area contributed by atoms with Crippen LogP contribution in [-0.4, -0.2) is 77.2 Å². The molecule has 0 radical (unpaired) electrons. The molecule has 1 aliphatic heterocycles. The zero-order valence-corrected chi connectivity index (χ0v) is 12.7. The Bertz CT molecular complexity index is 404. The van der Waals surface area contributed by atoms with Crippen molar-refractivity contribution in [1.29, 1.82) is 0 Å². The van der Waals surface area contributed by atoms with Gasteiger partial charge in [-0.1, -0.05) is 0 Å². The van der Waals surface area contributed by atoms with E-state index in [2.05, 4.69) is 21.8 Å². The summed E-state index contributed by atoms with van der Waals surface area (Å²) in [4.78, 5) is 4.43. The first-order chi connectivity index (χ1) is 9.56. The number of β-amino-alcohol motifs (C(OH)–C–C–N with tert-alkyl or cyclic N) is 1. The number of rotatable bonds is 6. The monoisotopic (exact) mass is 282 g/mol. The van der Waals surface area contributed by atoms with Crippen molar-refractivity contribution < 1.29 is 9.84 Å². The largest absolute Gasteiger partial charge is 0.390 e. The molecule has 6 heteroatoms. The predicted octanol–water partition coefficient (Wildman–Crippen LogP) is 0.106. The lowest BCUT2D eigenvalue weighted by Gasteiger charge is -2.31. The predicted molar refractivity (Wildman–Crippen MR) is 77.5 cm³/mol. The van der Waals surface area contributed by atoms with E-state index >= 15 is 0 Å². The van der Waals surface area contributed by atoms with Gasteiger partial charge in [0.05, 0.1) is 25.5 Å². The summed E-state index contributed by atoms with van der Waals surface area (Å²) in [5.74, 6) is 0. The Morgan fingerprint density at radius 3 is 2.75 bits per heavy atom. The number of aryl methyl sites for hydroxylation is 1. The van der Waals surface area contributed by atoms with Crippen molar-refractivity contribution in [3.8, 4) is 0 Å². The van der Waals surface area contributed by atoms with Crippen LogP contribution in [0.15, 0.2) is 12.4 Å². The summed E-state index contributed by atoms with van der Waals surface area (Å²) in [5, 5.41) is 14.4. The van der Waals surface area contributed by atoms with Gasteiger partial charge in [-0.3, -0.25) is 14.5 Å². The second kappa shape index (κ2) is 7.17. The van der Waals surface area contributed by atoms with Crippen LogP contribution in [0.4, 0.5) is 0 Å². The highest BCUT2D eigenvalue weighted by Gasteiger charge is 2.19. The van der Waals surface area contributed by atoms with E-state index in [9.17, 15) is 5.11 Å². The van der Waals surface area contributed by atoms with Crippen molar-refractivity contribution in [1.82, 2.24) is 19.6 Å². The van der Waals surface area contributed by atoms with Crippen molar-refractivity contribution >= 4 is 0 Å². The van der Waals surface area contributed by atoms with Gasteiger partial charge in [-0.2, -0.15) is 5.10 Å². The molecular formula is C14H26N4O2. The molecule has 0 spiro atoms. The number of ether oxygens (including phenoxy) is 1. The topological polar surface area (TPSA) is 53.8 Å². The third-order valence-corrected chi connectivity index (χ3v) is 3.94. The van der Waals surface area contributed by atoms with Gasteiger partial charge in [0.1, 0.15) is 0 Å². The molecular weight excluding hydrogens is 256 g/mol. The van der Waals surface area contributed by atoms with Gasteiger partial charge >= 0.3 is 0 Å². The molecule has 2 unspecified atom stereocenters. The van der Waals surface area contributed by atoms with Gasteiger partial charge in [-0.05, 0) is 14.0 Å². The van der Waals surface area contributed by atoms with Crippen molar-refractivity contribution in [2.45, 2.75) is 19.1 Å². The Kier molecular flexibility index (Phi) is 5.54. The summed E-state index contributed by atoms with van der Waals surface area (Å²) in [6.45, 7) is 6.89. The number of aliphatic hydroxyl groups is 1. The van der Waals surface area contributed by atoms with Crippen molar-refractivity contribution in [2.24, 2.45) is 7.05 Å². The second-order valence-electron chi connectivity index (χ2n) is 5.63. The molecule has 20 heavy (non-hydrogen) atoms. The molecule has 2 rings (SSSR count). The van der Waals surface area contributed by atoms with E-state index in [4.69, 9.17) is 4.74 Å². The first-order valence-corrected chi connectivity index (χ1v) is 7.23. The van der Waals surface area contributed by atoms with Gasteiger partial charge < -0.3 is 9.84 Å². The number of aromatic nitrogens is 2. The first-order valence-electron chi connectivity index (χ1n) is 7.23. The summed E-state index contributed by atoms with van der Waals surface area (Å²) in [7, 11) is 3.96. The number of likely N-dealkylation sites (N-methyl/N-ethyl adjacent to an activating group) is 1. The normalized spacial score (nSPS) is 20.2. The van der Waals surface area contributed by atoms with Crippen LogP contribution in [0.25, 0.3) is 0 Å². The third-order valence-electron chi connectivity index (χ3n) is 3.94. The molecule has 1 aliphatic rings. The first kappa shape index (κ1) is 15.4. The number of hydrogen-bond donors (Lipinski definition) is 1. The Hall–Kier alpha value is -0.950. The Labute approximate surface area is 120 Å². The average molecular weight is 282 g/mol. The maximum Gasteiger partial charge on any atom is 0.0793 e. The molecule has 1 N–H and O–H groups in total. The fourth-order valence-corrected chi connectivity index (χ4v) is 2.54. The van der Waals surface area contributed by atoms with Gasteiger partial charge in [0.2, 0.25) is 0 Å². The zero-order valence-electron chi connectivity index (χ0n) is 12.7. The number of morpholine rings is 1. The molecule has 1 saturated heterocycles. The average Bonchev–Trinajstić information content (AvgIpc) is 2.85. The SMILES string of the molecule is CC(c1cnn(C)c1)N(C)CC(O)CN1CCOCC1. The van der Waals surface area contributed by atoms with Crippen LogP contribution in [-0.2, 0) is 11.8 Å². The van der Waals surface area contributed by atoms with E-state index in [1.807, 2.05) is 31.2 Å². The van der Waals surface area contributed by atoms with Crippen LogP contribution >= 0.6 is 0 Å². The van der Waals surface area contributed by atoms with Gasteiger partial charge in [0.25, 0.3) is 0 Å². The minimum Gasteiger partial charge on any atom is -0.390 e. The smallest absolute Gasteiger partial charge is 0.0793 e. The standard InChI is InChI=1S/C14H26N4O2/c1-12(13-8-15-17(3)9-13)16(2)10-14(19)11-18-4-6-20-7-5-18/h8-9,12,14,19H,4-7,10-11H2,1-3H3. The van der Waals surface area contributed by atoms with E-state index in [1.54, 1.807) is 0 Å². The van der Waals surface area contributed by atoms with Gasteiger partial charge in [0.15, 0.2) is 0 Å². The van der Waals surface area contributed by atoms with Crippen molar-refractivity contribution in [3.63, 3.8) is 0 Å². The van der Waals surface area contributed by atoms with E-state index in [0.29, 0.717) is 13.1 Å². The molecule has 1 aromatic heterocycles. The highest BCUT2D eigenvalue weighted by Crippen LogP contribution is 2.17. The molecule has 0 saturated carbocycles. The second-order valence-corrected chi connectivity index (χ2v) is 5.63. The van der Waals surface area contributed by atoms with E-state index in [0.717, 1.165) is 26.3 Å². The third kappa shape index (κ3) is 4.28. The summed E-state index contributed by atoms with van der Waals surface area (Å²) < 4.78 is 7.13. The number of nitrogens with zero attached hydrogens (tertiary/aromatic N) is 4. The van der Waals surface area contributed by atoms with Crippen LogP contribution in [0.1, 0.15) is 18.5 Å². The van der Waals surface area contributed by atoms with Crippen LogP contribution in [0.2, 0.25) is 0 Å². The number of hydrogen-bond acceptors (Lipinski definition) is 5. The van der Waals surface area contributed by atoms with E-state index in [-0.39, 0.29) is 12.1 Å². The maximum atomic E-state index is 10.2. The van der Waals surface area contributed by atoms with Crippen LogP contribution in [0.5, 0.6) is 0 Å². The zero-order chi connectivity index (χ0) is 14.5. The van der Waals surface area contributed by atoms with Crippen LogP contribution in [0.3, 0.4) is 0 Å². The van der Waals surface area contributed by atoms with E-state index in [1.165, 1.54) is 5.56 Å². The molecule has 1 aromatic rings. The summed E-state index contributed by atoms with van der Waals surface area (Å²) in [6, 6.07) is 0.253. The molecule has 0 aromatic carbocycles. The fraction of sp³-hybridized carbons (Fsp3) is 0.786. The summed E-state index contributed by atoms with van der Waals surface area (Å²) in [6.07, 6.45) is 3.57. The van der Waals surface area contributed by atoms with Crippen molar-refractivity contribution in [2.75, 3.05) is 46.4 Å². The van der Waals surface area contributed by atoms with Crippen molar-refractivity contribution in [3.05, 3.63) is 18.0 Å². The van der Waals surface area contributed by atoms with Crippen LogP contribution in [0, 0.1) is 0 Å². The molecule has 2 heterocycles. The molecule has 0 aliphatic carbocycles. The van der Waals surface area contributed by atoms with Gasteiger partial charge in [0, 0.05) is 51.0 Å². The minimum absolute atomic E-state index is 0.253. The maximum absolute atomic E-state index is 10.2. The van der Waals surface area contributed by atoms with E-state index < -0.39 is 0 Å². The molecule has 2 atom stereocenters. The quantitative estimate of drug-likeness (QED) is 0.802. The highest BCUT2D eigenvalue weighted by atomic mass is 16.5. The highest BCUT2D eigenvalue weighted by molar-refractivity contribution is 5.09. The van der Waals surface area contributed by atoms with Gasteiger partial charge in [-0.25, -0.2) is 0 Å². The Balaban J connectivity index is 1.79. The lowest BCUT2D eigenvalue weighted by Crippen LogP contribution is -2.44. The van der Waals surface area contributed by atoms with Gasteiger partial charge in [-0.15, -0.1) is 0 Å². The molecule has 1 fully saturated rings. The molecule has 114 valence electrons. The minimum atomic E-state index is -0.336. The molecule has 0 amide bonds. The lowest BCUT2D eigenvalue weighted by molar-refractivity contribution is 0.00626. The lowest BCUT2D eigenvalue weighted by atomic mass is 10.1.